The van der Waals surface area contributed by atoms with Gasteiger partial charge in [-0.1, -0.05) is 24.6 Å². The number of rotatable bonds is 6. The number of ether oxygens (including phenoxy) is 2. The van der Waals surface area contributed by atoms with Gasteiger partial charge >= 0.3 is 12.1 Å². The van der Waals surface area contributed by atoms with E-state index in [4.69, 9.17) is 31.0 Å². The van der Waals surface area contributed by atoms with Gasteiger partial charge in [0.15, 0.2) is 0 Å². The molecule has 3 aliphatic heterocycles. The minimum absolute atomic E-state index is 0.259. The van der Waals surface area contributed by atoms with Crippen molar-refractivity contribution in [1.29, 1.82) is 0 Å². The number of piperazine rings is 1. The van der Waals surface area contributed by atoms with Crippen LogP contribution in [0.4, 0.5) is 16.3 Å². The molecule has 10 heteroatoms. The summed E-state index contributed by atoms with van der Waals surface area (Å²) in [5.41, 5.74) is 4.00. The summed E-state index contributed by atoms with van der Waals surface area (Å²) in [4.78, 5) is 31.4. The monoisotopic (exact) mass is 570 g/mol. The van der Waals surface area contributed by atoms with Crippen molar-refractivity contribution in [2.24, 2.45) is 0 Å². The van der Waals surface area contributed by atoms with Gasteiger partial charge in [-0.05, 0) is 77.7 Å². The summed E-state index contributed by atoms with van der Waals surface area (Å²) in [6.07, 6.45) is 3.77. The Kier molecular flexibility index (Phi) is 8.61. The van der Waals surface area contributed by atoms with Gasteiger partial charge in [0.2, 0.25) is 0 Å². The van der Waals surface area contributed by atoms with Crippen LogP contribution in [0.25, 0.3) is 0 Å². The van der Waals surface area contributed by atoms with Crippen molar-refractivity contribution < 1.29 is 14.3 Å². The van der Waals surface area contributed by atoms with Crippen LogP contribution in [-0.4, -0.2) is 90.4 Å². The molecule has 1 aromatic carbocycles. The molecule has 3 aliphatic rings. The summed E-state index contributed by atoms with van der Waals surface area (Å²) < 4.78 is 11.9. The third-order valence-corrected chi connectivity index (χ3v) is 8.47. The smallest absolute Gasteiger partial charge is 0.410 e. The van der Waals surface area contributed by atoms with Crippen LogP contribution in [0.5, 0.6) is 6.01 Å². The molecule has 1 amide bonds. The van der Waals surface area contributed by atoms with Crippen molar-refractivity contribution in [3.63, 3.8) is 0 Å². The number of hydrogen-bond acceptors (Lipinski definition) is 8. The third kappa shape index (κ3) is 6.41. The molecule has 2 aromatic rings. The molecule has 5 rings (SSSR count). The first-order valence-corrected chi connectivity index (χ1v) is 15.0. The lowest BCUT2D eigenvalue weighted by Crippen LogP contribution is -2.50. The highest BCUT2D eigenvalue weighted by Crippen LogP contribution is 2.35. The van der Waals surface area contributed by atoms with Gasteiger partial charge in [0.25, 0.3) is 0 Å². The lowest BCUT2D eigenvalue weighted by molar-refractivity contribution is 0.0240. The minimum atomic E-state index is -0.508. The van der Waals surface area contributed by atoms with Crippen LogP contribution in [0.3, 0.4) is 0 Å². The maximum absolute atomic E-state index is 12.6. The van der Waals surface area contributed by atoms with E-state index in [9.17, 15) is 4.79 Å². The molecule has 0 aliphatic carbocycles. The average molecular weight is 571 g/mol. The molecule has 0 spiro atoms. The molecular weight excluding hydrogens is 528 g/mol. The van der Waals surface area contributed by atoms with Gasteiger partial charge in [0.1, 0.15) is 18.0 Å². The lowest BCUT2D eigenvalue weighted by Gasteiger charge is -2.38. The van der Waals surface area contributed by atoms with E-state index < -0.39 is 5.60 Å². The number of amides is 1. The molecule has 0 saturated carbocycles. The quantitative estimate of drug-likeness (QED) is 0.491. The van der Waals surface area contributed by atoms with E-state index in [1.54, 1.807) is 4.90 Å². The lowest BCUT2D eigenvalue weighted by atomic mass is 10.0. The molecule has 2 fully saturated rings. The zero-order valence-corrected chi connectivity index (χ0v) is 25.3. The fraction of sp³-hybridized carbons (Fsp3) is 0.633. The Labute approximate surface area is 243 Å². The zero-order chi connectivity index (χ0) is 28.4. The predicted molar refractivity (Wildman–Crippen MR) is 159 cm³/mol. The Hall–Kier alpha value is -2.78. The highest BCUT2D eigenvalue weighted by molar-refractivity contribution is 6.31. The maximum atomic E-state index is 12.6. The van der Waals surface area contributed by atoms with Crippen LogP contribution < -0.4 is 14.5 Å². The molecule has 0 unspecified atom stereocenters. The number of fused-ring (bicyclic) bond motifs is 1. The molecule has 40 heavy (non-hydrogen) atoms. The van der Waals surface area contributed by atoms with E-state index in [2.05, 4.69) is 34.7 Å². The first-order chi connectivity index (χ1) is 19.1. The van der Waals surface area contributed by atoms with Crippen LogP contribution in [-0.2, 0) is 24.1 Å². The molecule has 9 nitrogen and oxygen atoms in total. The first-order valence-electron chi connectivity index (χ1n) is 14.6. The number of aromatic nitrogens is 2. The molecule has 1 atom stereocenters. The molecule has 0 N–H and O–H groups in total. The predicted octanol–water partition coefficient (Wildman–Crippen LogP) is 4.79. The maximum Gasteiger partial charge on any atom is 0.410 e. The van der Waals surface area contributed by atoms with Gasteiger partial charge in [-0.25, -0.2) is 4.79 Å². The number of carbonyl (C=O) groups is 1. The third-order valence-electron chi connectivity index (χ3n) is 8.12. The number of benzene rings is 1. The normalized spacial score (nSPS) is 20.1. The number of likely N-dealkylation sites (N-methyl/N-ethyl adjacent to an activating group) is 1. The van der Waals surface area contributed by atoms with Crippen molar-refractivity contribution in [2.45, 2.75) is 71.6 Å². The number of likely N-dealkylation sites (tertiary alicyclic amines) is 1. The highest BCUT2D eigenvalue weighted by atomic mass is 35.5. The summed E-state index contributed by atoms with van der Waals surface area (Å²) in [6, 6.07) is 6.96. The Morgan fingerprint density at radius 3 is 2.52 bits per heavy atom. The summed E-state index contributed by atoms with van der Waals surface area (Å²) in [5.74, 6) is 0.935. The Morgan fingerprint density at radius 1 is 1.07 bits per heavy atom. The van der Waals surface area contributed by atoms with Crippen LogP contribution in [0, 0.1) is 0 Å². The second-order valence-corrected chi connectivity index (χ2v) is 12.5. The van der Waals surface area contributed by atoms with E-state index in [1.807, 2.05) is 32.9 Å². The largest absolute Gasteiger partial charge is 0.462 e. The second-order valence-electron chi connectivity index (χ2n) is 12.1. The van der Waals surface area contributed by atoms with Crippen LogP contribution in [0.1, 0.15) is 57.4 Å². The highest BCUT2D eigenvalue weighted by Gasteiger charge is 2.31. The summed E-state index contributed by atoms with van der Waals surface area (Å²) in [6.45, 7) is 13.6. The summed E-state index contributed by atoms with van der Waals surface area (Å²) in [7, 11) is 2.15. The number of halogens is 1. The van der Waals surface area contributed by atoms with E-state index in [-0.39, 0.29) is 6.09 Å². The van der Waals surface area contributed by atoms with Crippen molar-refractivity contribution in [2.75, 3.05) is 62.7 Å². The van der Waals surface area contributed by atoms with Crippen LogP contribution >= 0.6 is 11.6 Å². The number of nitrogens with zero attached hydrogens (tertiary/aromatic N) is 6. The standard InChI is InChI=1S/C30H43ClN6O3/c1-6-22-24(31)10-7-11-26(22)37-14-12-23-25(19-37)32-28(39-20-21-9-8-13-34(21)5)33-27(23)35-15-17-36(18-16-35)29(38)40-30(2,3)4/h7,10-11,21H,6,8-9,12-20H2,1-5H3/t21-/m0/s1. The summed E-state index contributed by atoms with van der Waals surface area (Å²) in [5, 5.41) is 0.807. The Morgan fingerprint density at radius 2 is 1.85 bits per heavy atom. The van der Waals surface area contributed by atoms with Crippen molar-refractivity contribution in [1.82, 2.24) is 19.8 Å². The Balaban J connectivity index is 1.39. The molecule has 4 heterocycles. The van der Waals surface area contributed by atoms with Gasteiger partial charge < -0.3 is 29.1 Å². The van der Waals surface area contributed by atoms with E-state index >= 15 is 0 Å². The number of anilines is 2. The van der Waals surface area contributed by atoms with E-state index in [1.165, 1.54) is 23.2 Å². The molecular formula is C30H43ClN6O3. The molecule has 2 saturated heterocycles. The molecule has 0 radical (unpaired) electrons. The fourth-order valence-electron chi connectivity index (χ4n) is 5.90. The SMILES string of the molecule is CCc1c(Cl)cccc1N1CCc2c(nc(OC[C@@H]3CCCN3C)nc2N2CCN(C(=O)OC(C)(C)C)CC2)C1. The average Bonchev–Trinajstić information content (AvgIpc) is 3.34. The van der Waals surface area contributed by atoms with Crippen molar-refractivity contribution in [3.8, 4) is 6.01 Å². The van der Waals surface area contributed by atoms with E-state index in [0.717, 1.165) is 48.9 Å². The minimum Gasteiger partial charge on any atom is -0.462 e. The van der Waals surface area contributed by atoms with Crippen molar-refractivity contribution >= 4 is 29.2 Å². The summed E-state index contributed by atoms with van der Waals surface area (Å²) >= 11 is 6.57. The van der Waals surface area contributed by atoms with Crippen molar-refractivity contribution in [3.05, 3.63) is 40.0 Å². The van der Waals surface area contributed by atoms with Gasteiger partial charge in [-0.2, -0.15) is 9.97 Å². The van der Waals surface area contributed by atoms with Gasteiger partial charge in [-0.15, -0.1) is 0 Å². The topological polar surface area (TPSA) is 74.3 Å². The van der Waals surface area contributed by atoms with Gasteiger partial charge in [-0.3, -0.25) is 0 Å². The molecule has 0 bridgehead atoms. The van der Waals surface area contributed by atoms with Crippen LogP contribution in [0.15, 0.2) is 18.2 Å². The van der Waals surface area contributed by atoms with Gasteiger partial charge in [0, 0.05) is 55.0 Å². The van der Waals surface area contributed by atoms with E-state index in [0.29, 0.717) is 51.4 Å². The Bertz CT molecular complexity index is 1210. The zero-order valence-electron chi connectivity index (χ0n) is 24.6. The van der Waals surface area contributed by atoms with Crippen LogP contribution in [0.2, 0.25) is 5.02 Å². The second kappa shape index (κ2) is 12.0. The fourth-order valence-corrected chi connectivity index (χ4v) is 6.20. The van der Waals surface area contributed by atoms with Gasteiger partial charge in [0.05, 0.1) is 12.2 Å². The molecule has 1 aromatic heterocycles. The molecule has 218 valence electrons. The number of hydrogen-bond donors (Lipinski definition) is 0. The number of carbonyl (C=O) groups excluding carboxylic acids is 1. The first kappa shape index (κ1) is 28.7.